The fourth-order valence-electron chi connectivity index (χ4n) is 2.34. The van der Waals surface area contributed by atoms with Crippen molar-refractivity contribution in [2.45, 2.75) is 0 Å². The van der Waals surface area contributed by atoms with Gasteiger partial charge in [-0.1, -0.05) is 12.1 Å². The SMILES string of the molecule is COc1ccc2oc(=O)c(NC(=O)c3ccccc3OC)cc2c1. The van der Waals surface area contributed by atoms with Gasteiger partial charge in [0.2, 0.25) is 0 Å². The quantitative estimate of drug-likeness (QED) is 0.746. The molecule has 1 amide bonds. The van der Waals surface area contributed by atoms with E-state index in [1.54, 1.807) is 55.6 Å². The zero-order valence-electron chi connectivity index (χ0n) is 13.2. The van der Waals surface area contributed by atoms with Crippen molar-refractivity contribution in [3.63, 3.8) is 0 Å². The first kappa shape index (κ1) is 15.6. The third-order valence-electron chi connectivity index (χ3n) is 3.54. The molecule has 122 valence electrons. The largest absolute Gasteiger partial charge is 0.497 e. The molecule has 3 aromatic rings. The molecule has 0 fully saturated rings. The molecular formula is C18H15NO5. The molecule has 0 spiro atoms. The maximum Gasteiger partial charge on any atom is 0.360 e. The Labute approximate surface area is 137 Å². The summed E-state index contributed by atoms with van der Waals surface area (Å²) in [7, 11) is 3.02. The Kier molecular flexibility index (Phi) is 4.20. The van der Waals surface area contributed by atoms with E-state index in [1.165, 1.54) is 7.11 Å². The summed E-state index contributed by atoms with van der Waals surface area (Å²) in [5.41, 5.74) is 0.156. The Morgan fingerprint density at radius 1 is 1.04 bits per heavy atom. The van der Waals surface area contributed by atoms with Crippen molar-refractivity contribution in [3.05, 3.63) is 64.5 Å². The van der Waals surface area contributed by atoms with Gasteiger partial charge >= 0.3 is 5.63 Å². The number of amides is 1. The normalized spacial score (nSPS) is 10.4. The Balaban J connectivity index is 1.98. The van der Waals surface area contributed by atoms with Crippen LogP contribution < -0.4 is 20.4 Å². The Bertz CT molecular complexity index is 961. The van der Waals surface area contributed by atoms with Gasteiger partial charge in [0.05, 0.1) is 19.8 Å². The van der Waals surface area contributed by atoms with Gasteiger partial charge in [-0.25, -0.2) is 4.79 Å². The van der Waals surface area contributed by atoms with Crippen LogP contribution in [0.15, 0.2) is 57.7 Å². The van der Waals surface area contributed by atoms with E-state index < -0.39 is 11.5 Å². The van der Waals surface area contributed by atoms with Crippen LogP contribution >= 0.6 is 0 Å². The summed E-state index contributed by atoms with van der Waals surface area (Å²) in [5, 5.41) is 3.21. The van der Waals surface area contributed by atoms with E-state index in [0.717, 1.165) is 0 Å². The number of benzene rings is 2. The molecule has 0 unspecified atom stereocenters. The standard InChI is InChI=1S/C18H15NO5/c1-22-12-7-8-15-11(9-12)10-14(18(21)24-15)19-17(20)13-5-3-4-6-16(13)23-2/h3-10H,1-2H3,(H,19,20). The lowest BCUT2D eigenvalue weighted by atomic mass is 10.1. The summed E-state index contributed by atoms with van der Waals surface area (Å²) >= 11 is 0. The average molecular weight is 325 g/mol. The molecule has 0 aliphatic rings. The van der Waals surface area contributed by atoms with E-state index in [2.05, 4.69) is 5.32 Å². The van der Waals surface area contributed by atoms with Crippen molar-refractivity contribution in [1.29, 1.82) is 0 Å². The van der Waals surface area contributed by atoms with Crippen molar-refractivity contribution in [2.24, 2.45) is 0 Å². The van der Waals surface area contributed by atoms with Crippen molar-refractivity contribution in [1.82, 2.24) is 0 Å². The van der Waals surface area contributed by atoms with Crippen molar-refractivity contribution in [3.8, 4) is 11.5 Å². The number of para-hydroxylation sites is 1. The van der Waals surface area contributed by atoms with Gasteiger partial charge < -0.3 is 19.2 Å². The molecule has 0 bridgehead atoms. The van der Waals surface area contributed by atoms with Crippen LogP contribution in [0.2, 0.25) is 0 Å². The van der Waals surface area contributed by atoms with Crippen molar-refractivity contribution >= 4 is 22.6 Å². The van der Waals surface area contributed by atoms with Crippen LogP contribution in [-0.4, -0.2) is 20.1 Å². The van der Waals surface area contributed by atoms with Gasteiger partial charge in [-0.2, -0.15) is 0 Å². The lowest BCUT2D eigenvalue weighted by Gasteiger charge is -2.09. The highest BCUT2D eigenvalue weighted by molar-refractivity contribution is 6.06. The van der Waals surface area contributed by atoms with Gasteiger partial charge in [0.25, 0.3) is 5.91 Å². The summed E-state index contributed by atoms with van der Waals surface area (Å²) in [6.07, 6.45) is 0. The topological polar surface area (TPSA) is 77.8 Å². The van der Waals surface area contributed by atoms with Gasteiger partial charge in [-0.05, 0) is 36.4 Å². The van der Waals surface area contributed by atoms with Gasteiger partial charge in [-0.3, -0.25) is 4.79 Å². The van der Waals surface area contributed by atoms with Crippen LogP contribution in [0.3, 0.4) is 0 Å². The zero-order valence-corrected chi connectivity index (χ0v) is 13.2. The molecule has 24 heavy (non-hydrogen) atoms. The molecule has 0 atom stereocenters. The minimum absolute atomic E-state index is 0.0478. The number of nitrogens with one attached hydrogen (secondary N) is 1. The van der Waals surface area contributed by atoms with Gasteiger partial charge in [0, 0.05) is 5.39 Å². The second-order valence-corrected chi connectivity index (χ2v) is 5.01. The second kappa shape index (κ2) is 6.45. The van der Waals surface area contributed by atoms with Gasteiger partial charge in [0.15, 0.2) is 0 Å². The fourth-order valence-corrected chi connectivity index (χ4v) is 2.34. The number of fused-ring (bicyclic) bond motifs is 1. The molecule has 1 aromatic heterocycles. The number of hydrogen-bond acceptors (Lipinski definition) is 5. The fraction of sp³-hybridized carbons (Fsp3) is 0.111. The predicted molar refractivity (Wildman–Crippen MR) is 90.0 cm³/mol. The minimum atomic E-state index is -0.629. The lowest BCUT2D eigenvalue weighted by Crippen LogP contribution is -2.18. The van der Waals surface area contributed by atoms with Crippen LogP contribution in [0.1, 0.15) is 10.4 Å². The number of carbonyl (C=O) groups is 1. The molecule has 1 heterocycles. The molecule has 0 saturated carbocycles. The van der Waals surface area contributed by atoms with Crippen LogP contribution in [-0.2, 0) is 0 Å². The molecule has 3 rings (SSSR count). The highest BCUT2D eigenvalue weighted by Crippen LogP contribution is 2.23. The third kappa shape index (κ3) is 2.94. The molecule has 1 N–H and O–H groups in total. The monoisotopic (exact) mass is 325 g/mol. The minimum Gasteiger partial charge on any atom is -0.497 e. The average Bonchev–Trinajstić information content (AvgIpc) is 2.61. The Hall–Kier alpha value is -3.28. The summed E-state index contributed by atoms with van der Waals surface area (Å²) in [6, 6.07) is 13.4. The summed E-state index contributed by atoms with van der Waals surface area (Å²) in [5.74, 6) is 0.585. The molecule has 0 radical (unpaired) electrons. The maximum atomic E-state index is 12.4. The van der Waals surface area contributed by atoms with Gasteiger partial charge in [-0.15, -0.1) is 0 Å². The van der Waals surface area contributed by atoms with Crippen molar-refractivity contribution < 1.29 is 18.7 Å². The molecular weight excluding hydrogens is 310 g/mol. The number of carbonyl (C=O) groups excluding carboxylic acids is 1. The summed E-state index contributed by atoms with van der Waals surface area (Å²) in [4.78, 5) is 24.5. The van der Waals surface area contributed by atoms with Gasteiger partial charge in [0.1, 0.15) is 22.8 Å². The number of rotatable bonds is 4. The highest BCUT2D eigenvalue weighted by atomic mass is 16.5. The summed E-state index contributed by atoms with van der Waals surface area (Å²) < 4.78 is 15.5. The number of hydrogen-bond donors (Lipinski definition) is 1. The molecule has 6 heteroatoms. The van der Waals surface area contributed by atoms with E-state index in [9.17, 15) is 9.59 Å². The molecule has 0 aliphatic heterocycles. The number of anilines is 1. The second-order valence-electron chi connectivity index (χ2n) is 5.01. The first-order valence-electron chi connectivity index (χ1n) is 7.18. The first-order valence-corrected chi connectivity index (χ1v) is 7.18. The Morgan fingerprint density at radius 3 is 2.58 bits per heavy atom. The third-order valence-corrected chi connectivity index (χ3v) is 3.54. The Morgan fingerprint density at radius 2 is 1.83 bits per heavy atom. The van der Waals surface area contributed by atoms with Crippen LogP contribution in [0.4, 0.5) is 5.69 Å². The van der Waals surface area contributed by atoms with Crippen LogP contribution in [0.25, 0.3) is 11.0 Å². The van der Waals surface area contributed by atoms with Crippen LogP contribution in [0.5, 0.6) is 11.5 Å². The predicted octanol–water partition coefficient (Wildman–Crippen LogP) is 3.06. The number of methoxy groups -OCH3 is 2. The van der Waals surface area contributed by atoms with E-state index in [0.29, 0.717) is 28.0 Å². The molecule has 0 aliphatic carbocycles. The highest BCUT2D eigenvalue weighted by Gasteiger charge is 2.14. The van der Waals surface area contributed by atoms with Crippen molar-refractivity contribution in [2.75, 3.05) is 19.5 Å². The van der Waals surface area contributed by atoms with E-state index in [4.69, 9.17) is 13.9 Å². The molecule has 6 nitrogen and oxygen atoms in total. The smallest absolute Gasteiger partial charge is 0.360 e. The van der Waals surface area contributed by atoms with E-state index >= 15 is 0 Å². The lowest BCUT2D eigenvalue weighted by molar-refractivity contribution is 0.102. The molecule has 0 saturated heterocycles. The summed E-state index contributed by atoms with van der Waals surface area (Å²) in [6.45, 7) is 0. The van der Waals surface area contributed by atoms with E-state index in [1.807, 2.05) is 0 Å². The maximum absolute atomic E-state index is 12.4. The first-order chi connectivity index (χ1) is 11.6. The van der Waals surface area contributed by atoms with Crippen LogP contribution in [0, 0.1) is 0 Å². The zero-order chi connectivity index (χ0) is 17.1. The number of ether oxygens (including phenoxy) is 2. The van der Waals surface area contributed by atoms with E-state index in [-0.39, 0.29) is 5.69 Å². The molecule has 2 aromatic carbocycles.